The van der Waals surface area contributed by atoms with E-state index in [0.29, 0.717) is 6.54 Å². The fourth-order valence-corrected chi connectivity index (χ4v) is 1.88. The number of hydrogen-bond acceptors (Lipinski definition) is 4. The highest BCUT2D eigenvalue weighted by Gasteiger charge is 2.17. The number of benzene rings is 1. The average molecular weight is 296 g/mol. The molecular weight excluding hydrogens is 276 g/mol. The molecule has 1 rings (SSSR count). The van der Waals surface area contributed by atoms with E-state index in [-0.39, 0.29) is 37.9 Å². The molecule has 0 aliphatic rings. The van der Waals surface area contributed by atoms with Crippen LogP contribution in [0.25, 0.3) is 0 Å². The molecule has 0 atom stereocenters. The zero-order valence-electron chi connectivity index (χ0n) is 11.9. The van der Waals surface area contributed by atoms with Gasteiger partial charge in [-0.1, -0.05) is 12.1 Å². The van der Waals surface area contributed by atoms with Gasteiger partial charge in [0.05, 0.1) is 18.8 Å². The second-order valence-electron chi connectivity index (χ2n) is 4.57. The Bertz CT molecular complexity index is 469. The Morgan fingerprint density at radius 2 is 1.57 bits per heavy atom. The molecule has 7 nitrogen and oxygen atoms in total. The van der Waals surface area contributed by atoms with E-state index >= 15 is 0 Å². The number of nitrogens with zero attached hydrogens (tertiary/aromatic N) is 2. The predicted octanol–water partition coefficient (Wildman–Crippen LogP) is 0.223. The molecule has 0 saturated carbocycles. The number of urea groups is 1. The minimum Gasteiger partial charge on any atom is -0.478 e. The van der Waals surface area contributed by atoms with Gasteiger partial charge in [-0.15, -0.1) is 0 Å². The highest BCUT2D eigenvalue weighted by molar-refractivity contribution is 5.87. The average Bonchev–Trinajstić information content (AvgIpc) is 2.46. The predicted molar refractivity (Wildman–Crippen MR) is 76.0 cm³/mol. The monoisotopic (exact) mass is 296 g/mol. The second-order valence-corrected chi connectivity index (χ2v) is 4.57. The summed E-state index contributed by atoms with van der Waals surface area (Å²) in [5.74, 6) is -0.997. The van der Waals surface area contributed by atoms with Crippen LogP contribution < -0.4 is 0 Å². The maximum Gasteiger partial charge on any atom is 0.335 e. The SMILES string of the molecule is CN(Cc1ccc(C(=O)O)cc1)C(=O)N(CCO)CCO. The molecule has 7 heteroatoms. The lowest BCUT2D eigenvalue weighted by Crippen LogP contribution is -2.43. The van der Waals surface area contributed by atoms with Gasteiger partial charge < -0.3 is 25.1 Å². The standard InChI is InChI=1S/C14H20N2O5/c1-15(14(21)16(6-8-17)7-9-18)10-11-2-4-12(5-3-11)13(19)20/h2-5,17-18H,6-10H2,1H3,(H,19,20). The van der Waals surface area contributed by atoms with Crippen molar-refractivity contribution in [3.8, 4) is 0 Å². The number of aliphatic hydroxyl groups excluding tert-OH is 2. The summed E-state index contributed by atoms with van der Waals surface area (Å²) < 4.78 is 0. The van der Waals surface area contributed by atoms with E-state index < -0.39 is 5.97 Å². The number of carbonyl (C=O) groups is 2. The first-order chi connectivity index (χ1) is 9.99. The smallest absolute Gasteiger partial charge is 0.335 e. The maximum atomic E-state index is 12.1. The minimum atomic E-state index is -0.997. The molecule has 1 aromatic carbocycles. The molecule has 0 fully saturated rings. The van der Waals surface area contributed by atoms with Crippen LogP contribution in [0.4, 0.5) is 4.79 Å². The number of aliphatic hydroxyl groups is 2. The molecule has 0 saturated heterocycles. The van der Waals surface area contributed by atoms with Gasteiger partial charge in [0.25, 0.3) is 0 Å². The highest BCUT2D eigenvalue weighted by Crippen LogP contribution is 2.08. The number of hydrogen-bond donors (Lipinski definition) is 3. The molecule has 0 heterocycles. The summed E-state index contributed by atoms with van der Waals surface area (Å²) in [6.07, 6.45) is 0. The summed E-state index contributed by atoms with van der Waals surface area (Å²) >= 11 is 0. The van der Waals surface area contributed by atoms with Crippen molar-refractivity contribution >= 4 is 12.0 Å². The number of carboxylic acid groups (broad SMARTS) is 1. The van der Waals surface area contributed by atoms with Crippen molar-refractivity contribution in [1.29, 1.82) is 0 Å². The topological polar surface area (TPSA) is 101 Å². The summed E-state index contributed by atoms with van der Waals surface area (Å²) in [6.45, 7) is 0.273. The second kappa shape index (κ2) is 8.23. The molecule has 0 aliphatic heterocycles. The van der Waals surface area contributed by atoms with Crippen LogP contribution in [0.3, 0.4) is 0 Å². The molecular formula is C14H20N2O5. The Hall–Kier alpha value is -2.12. The molecule has 116 valence electrons. The van der Waals surface area contributed by atoms with Crippen molar-refractivity contribution in [1.82, 2.24) is 9.80 Å². The molecule has 0 spiro atoms. The van der Waals surface area contributed by atoms with Gasteiger partial charge in [0, 0.05) is 26.7 Å². The maximum absolute atomic E-state index is 12.1. The van der Waals surface area contributed by atoms with Crippen LogP contribution in [-0.2, 0) is 6.54 Å². The van der Waals surface area contributed by atoms with E-state index in [1.54, 1.807) is 19.2 Å². The van der Waals surface area contributed by atoms with Gasteiger partial charge in [-0.2, -0.15) is 0 Å². The lowest BCUT2D eigenvalue weighted by Gasteiger charge is -2.27. The Balaban J connectivity index is 2.67. The first kappa shape index (κ1) is 16.9. The van der Waals surface area contributed by atoms with E-state index in [1.165, 1.54) is 21.9 Å². The van der Waals surface area contributed by atoms with Crippen molar-refractivity contribution in [3.05, 3.63) is 35.4 Å². The molecule has 0 aromatic heterocycles. The van der Waals surface area contributed by atoms with Crippen molar-refractivity contribution in [2.45, 2.75) is 6.54 Å². The molecule has 0 radical (unpaired) electrons. The summed E-state index contributed by atoms with van der Waals surface area (Å²) in [4.78, 5) is 25.7. The molecule has 0 aliphatic carbocycles. The van der Waals surface area contributed by atoms with Crippen molar-refractivity contribution < 1.29 is 24.9 Å². The number of carboxylic acids is 1. The molecule has 0 bridgehead atoms. The van der Waals surface area contributed by atoms with E-state index in [4.69, 9.17) is 15.3 Å². The van der Waals surface area contributed by atoms with Crippen LogP contribution in [-0.4, -0.2) is 70.5 Å². The zero-order valence-corrected chi connectivity index (χ0v) is 11.9. The zero-order chi connectivity index (χ0) is 15.8. The van der Waals surface area contributed by atoms with Crippen molar-refractivity contribution in [3.63, 3.8) is 0 Å². The largest absolute Gasteiger partial charge is 0.478 e. The van der Waals surface area contributed by atoms with Gasteiger partial charge in [-0.25, -0.2) is 9.59 Å². The minimum absolute atomic E-state index is 0.154. The van der Waals surface area contributed by atoms with Crippen LogP contribution in [0.1, 0.15) is 15.9 Å². The third-order valence-electron chi connectivity index (χ3n) is 2.96. The number of amides is 2. The molecule has 0 unspecified atom stereocenters. The summed E-state index contributed by atoms with van der Waals surface area (Å²) in [5, 5.41) is 26.7. The van der Waals surface area contributed by atoms with Gasteiger partial charge in [0.2, 0.25) is 0 Å². The lowest BCUT2D eigenvalue weighted by molar-refractivity contribution is 0.0696. The fraction of sp³-hybridized carbons (Fsp3) is 0.429. The van der Waals surface area contributed by atoms with Gasteiger partial charge in [0.15, 0.2) is 0 Å². The third kappa shape index (κ3) is 5.05. The summed E-state index contributed by atoms with van der Waals surface area (Å²) in [5.41, 5.74) is 0.985. The van der Waals surface area contributed by atoms with E-state index in [1.807, 2.05) is 0 Å². The van der Waals surface area contributed by atoms with Crippen LogP contribution in [0.2, 0.25) is 0 Å². The van der Waals surface area contributed by atoms with Crippen LogP contribution in [0.5, 0.6) is 0 Å². The highest BCUT2D eigenvalue weighted by atomic mass is 16.4. The first-order valence-electron chi connectivity index (χ1n) is 6.53. The van der Waals surface area contributed by atoms with Crippen LogP contribution in [0.15, 0.2) is 24.3 Å². The van der Waals surface area contributed by atoms with E-state index in [2.05, 4.69) is 0 Å². The van der Waals surface area contributed by atoms with Gasteiger partial charge >= 0.3 is 12.0 Å². The normalized spacial score (nSPS) is 10.2. The molecule has 21 heavy (non-hydrogen) atoms. The molecule has 2 amide bonds. The Morgan fingerprint density at radius 1 is 1.05 bits per heavy atom. The van der Waals surface area contributed by atoms with Crippen molar-refractivity contribution in [2.75, 3.05) is 33.4 Å². The fourth-order valence-electron chi connectivity index (χ4n) is 1.88. The van der Waals surface area contributed by atoms with Gasteiger partial charge in [-0.05, 0) is 17.7 Å². The number of rotatable bonds is 7. The number of carbonyl (C=O) groups excluding carboxylic acids is 1. The van der Waals surface area contributed by atoms with E-state index in [0.717, 1.165) is 5.56 Å². The summed E-state index contributed by atoms with van der Waals surface area (Å²) in [6, 6.07) is 5.95. The van der Waals surface area contributed by atoms with Crippen molar-refractivity contribution in [2.24, 2.45) is 0 Å². The quantitative estimate of drug-likeness (QED) is 0.668. The molecule has 1 aromatic rings. The Morgan fingerprint density at radius 3 is 2.00 bits per heavy atom. The molecule has 3 N–H and O–H groups in total. The first-order valence-corrected chi connectivity index (χ1v) is 6.53. The third-order valence-corrected chi connectivity index (χ3v) is 2.96. The van der Waals surface area contributed by atoms with Crippen LogP contribution >= 0.6 is 0 Å². The Kier molecular flexibility index (Phi) is 6.64. The Labute approximate surface area is 123 Å². The van der Waals surface area contributed by atoms with E-state index in [9.17, 15) is 9.59 Å². The van der Waals surface area contributed by atoms with Gasteiger partial charge in [0.1, 0.15) is 0 Å². The summed E-state index contributed by atoms with van der Waals surface area (Å²) in [7, 11) is 1.61. The van der Waals surface area contributed by atoms with Gasteiger partial charge in [-0.3, -0.25) is 0 Å². The van der Waals surface area contributed by atoms with Crippen LogP contribution in [0, 0.1) is 0 Å². The number of aromatic carboxylic acids is 1. The lowest BCUT2D eigenvalue weighted by atomic mass is 10.1.